The molecule has 5 rings (SSSR count). The van der Waals surface area contributed by atoms with Crippen LogP contribution in [-0.2, 0) is 28.7 Å². The normalized spacial score (nSPS) is 14.7. The average Bonchev–Trinajstić information content (AvgIpc) is 3.39. The molecule has 2 aromatic carbocycles. The highest BCUT2D eigenvalue weighted by atomic mass is 19.4. The van der Waals surface area contributed by atoms with Gasteiger partial charge in [-0.25, -0.2) is 23.8 Å². The number of nitrogens with zero attached hydrogens (tertiary/aromatic N) is 5. The van der Waals surface area contributed by atoms with Crippen LogP contribution in [-0.4, -0.2) is 35.0 Å². The van der Waals surface area contributed by atoms with Crippen LogP contribution in [0.15, 0.2) is 83.1 Å². The van der Waals surface area contributed by atoms with Gasteiger partial charge in [0.1, 0.15) is 11.8 Å². The number of benzene rings is 2. The van der Waals surface area contributed by atoms with Gasteiger partial charge in [-0.15, -0.1) is 5.10 Å². The average molecular weight is 592 g/mol. The third-order valence-corrected chi connectivity index (χ3v) is 7.28. The summed E-state index contributed by atoms with van der Waals surface area (Å²) in [5.41, 5.74) is 0.277. The topological polar surface area (TPSA) is 117 Å². The molecule has 0 saturated heterocycles. The largest absolute Gasteiger partial charge is 0.496 e. The van der Waals surface area contributed by atoms with Gasteiger partial charge in [0, 0.05) is 29.9 Å². The quantitative estimate of drug-likeness (QED) is 0.253. The molecule has 4 aromatic rings. The molecule has 0 bridgehead atoms. The molecule has 10 nitrogen and oxygen atoms in total. The molecule has 0 amide bonds. The number of ether oxygens (including phenoxy) is 2. The molecule has 3 heterocycles. The van der Waals surface area contributed by atoms with Crippen molar-refractivity contribution >= 4 is 17.6 Å². The van der Waals surface area contributed by atoms with E-state index < -0.39 is 29.4 Å². The van der Waals surface area contributed by atoms with Gasteiger partial charge in [0.25, 0.3) is 0 Å². The molecule has 220 valence electrons. The monoisotopic (exact) mass is 591 g/mol. The van der Waals surface area contributed by atoms with Gasteiger partial charge in [0.2, 0.25) is 5.95 Å². The van der Waals surface area contributed by atoms with Crippen LogP contribution in [0.25, 0.3) is 0 Å². The zero-order valence-corrected chi connectivity index (χ0v) is 23.3. The van der Waals surface area contributed by atoms with Crippen LogP contribution in [0.2, 0.25) is 0 Å². The van der Waals surface area contributed by atoms with Crippen LogP contribution in [0.3, 0.4) is 0 Å². The van der Waals surface area contributed by atoms with Crippen LogP contribution in [0, 0.1) is 11.3 Å². The Labute approximate surface area is 243 Å². The van der Waals surface area contributed by atoms with E-state index in [0.29, 0.717) is 35.4 Å². The molecule has 43 heavy (non-hydrogen) atoms. The molecule has 2 aromatic heterocycles. The summed E-state index contributed by atoms with van der Waals surface area (Å²) in [5, 5.41) is 16.1. The Balaban J connectivity index is 1.68. The number of methoxy groups -OCH3 is 2. The lowest BCUT2D eigenvalue weighted by molar-refractivity contribution is -0.696. The van der Waals surface area contributed by atoms with E-state index in [1.165, 1.54) is 28.7 Å². The highest BCUT2D eigenvalue weighted by molar-refractivity contribution is 5.93. The number of anilines is 2. The Morgan fingerprint density at radius 1 is 1.14 bits per heavy atom. The van der Waals surface area contributed by atoms with Gasteiger partial charge < -0.3 is 9.47 Å². The second-order valence-corrected chi connectivity index (χ2v) is 9.73. The lowest BCUT2D eigenvalue weighted by Crippen LogP contribution is -2.38. The summed E-state index contributed by atoms with van der Waals surface area (Å²) >= 11 is 0. The van der Waals surface area contributed by atoms with Crippen molar-refractivity contribution < 1.29 is 32.0 Å². The number of halogens is 3. The molecular weight excluding hydrogens is 565 g/mol. The molecule has 0 saturated carbocycles. The summed E-state index contributed by atoms with van der Waals surface area (Å²) in [4.78, 5) is 28.0. The number of carbonyl (C=O) groups is 1. The predicted molar refractivity (Wildman–Crippen MR) is 147 cm³/mol. The zero-order valence-electron chi connectivity index (χ0n) is 23.3. The number of nitriles is 1. The van der Waals surface area contributed by atoms with Gasteiger partial charge in [-0.1, -0.05) is 12.1 Å². The van der Waals surface area contributed by atoms with E-state index in [4.69, 9.17) is 9.47 Å². The van der Waals surface area contributed by atoms with E-state index >= 15 is 0 Å². The number of pyridine rings is 1. The molecule has 1 N–H and O–H groups in total. The summed E-state index contributed by atoms with van der Waals surface area (Å²) in [7, 11) is 2.75. The number of fused-ring (bicyclic) bond motifs is 1. The van der Waals surface area contributed by atoms with Crippen LogP contribution in [0.5, 0.6) is 5.75 Å². The third-order valence-electron chi connectivity index (χ3n) is 7.28. The summed E-state index contributed by atoms with van der Waals surface area (Å²) in [6, 6.07) is 14.1. The fourth-order valence-corrected chi connectivity index (χ4v) is 5.22. The Morgan fingerprint density at radius 2 is 1.88 bits per heavy atom. The third kappa shape index (κ3) is 5.46. The minimum atomic E-state index is -4.62. The molecule has 13 heteroatoms. The number of rotatable bonds is 7. The van der Waals surface area contributed by atoms with Gasteiger partial charge >= 0.3 is 17.8 Å². The highest BCUT2D eigenvalue weighted by Gasteiger charge is 2.41. The van der Waals surface area contributed by atoms with Crippen molar-refractivity contribution in [2.45, 2.75) is 32.1 Å². The second-order valence-electron chi connectivity index (χ2n) is 9.73. The summed E-state index contributed by atoms with van der Waals surface area (Å²) in [5.74, 6) is -0.108. The van der Waals surface area contributed by atoms with Crippen LogP contribution in [0.4, 0.5) is 24.8 Å². The molecular formula is C30H26F3N6O4+. The number of nitrogens with one attached hydrogen (secondary N) is 1. The van der Waals surface area contributed by atoms with Crippen LogP contribution in [0.1, 0.15) is 35.2 Å². The first-order valence-electron chi connectivity index (χ1n) is 13.1. The molecule has 1 atom stereocenters. The molecule has 0 unspecified atom stereocenters. The minimum absolute atomic E-state index is 0.0145. The number of hydrogen-bond donors (Lipinski definition) is 1. The predicted octanol–water partition coefficient (Wildman–Crippen LogP) is 4.19. The number of aromatic nitrogens is 4. The maximum atomic E-state index is 13.6. The van der Waals surface area contributed by atoms with E-state index in [1.807, 2.05) is 17.0 Å². The van der Waals surface area contributed by atoms with Crippen LogP contribution >= 0.6 is 0 Å². The summed E-state index contributed by atoms with van der Waals surface area (Å²) in [6.07, 6.45) is -0.543. The molecule has 0 spiro atoms. The van der Waals surface area contributed by atoms with E-state index in [2.05, 4.69) is 16.3 Å². The Kier molecular flexibility index (Phi) is 7.78. The fourth-order valence-electron chi connectivity index (χ4n) is 5.22. The number of aryl methyl sites for hydroxylation is 2. The fraction of sp³-hybridized carbons (Fsp3) is 0.233. The first-order chi connectivity index (χ1) is 20.6. The lowest BCUT2D eigenvalue weighted by atomic mass is 9.89. The first kappa shape index (κ1) is 29.1. The van der Waals surface area contributed by atoms with Gasteiger partial charge in [-0.2, -0.15) is 18.4 Å². The standard InChI is InChI=1S/C30H25F3N6O4/c1-18-25(27(40)43-3)26(24-8-7-19(17-34)15-20(24)9-12-37-13-10-23(42-2)11-14-37)39-28(35-36-29(39)41)38(18)22-6-4-5-21(16-22)30(31,32)33/h4-8,10-11,13-16,26H,9,12H2,1-3H3/p+1/t26-/m1/s1. The number of hydrogen-bond acceptors (Lipinski definition) is 7. The molecule has 0 radical (unpaired) electrons. The Morgan fingerprint density at radius 3 is 2.53 bits per heavy atom. The van der Waals surface area contributed by atoms with E-state index in [1.54, 1.807) is 44.4 Å². The Hall–Kier alpha value is -5.38. The van der Waals surface area contributed by atoms with Crippen molar-refractivity contribution in [3.05, 3.63) is 111 Å². The van der Waals surface area contributed by atoms with Crippen molar-refractivity contribution in [3.63, 3.8) is 0 Å². The van der Waals surface area contributed by atoms with Crippen molar-refractivity contribution in [1.82, 2.24) is 14.8 Å². The number of esters is 1. The first-order valence-corrected chi connectivity index (χ1v) is 13.1. The number of carbonyl (C=O) groups excluding carboxylic acids is 1. The minimum Gasteiger partial charge on any atom is -0.496 e. The van der Waals surface area contributed by atoms with Gasteiger partial charge in [-0.05, 0) is 48.4 Å². The van der Waals surface area contributed by atoms with Crippen molar-refractivity contribution in [1.29, 1.82) is 5.26 Å². The molecule has 1 aliphatic heterocycles. The van der Waals surface area contributed by atoms with Gasteiger partial charge in [0.05, 0.1) is 37.0 Å². The number of aromatic amines is 1. The number of H-pyrrole nitrogens is 1. The zero-order chi connectivity index (χ0) is 30.9. The van der Waals surface area contributed by atoms with E-state index in [9.17, 15) is 28.0 Å². The molecule has 0 fully saturated rings. The van der Waals surface area contributed by atoms with Gasteiger partial charge in [0.15, 0.2) is 18.9 Å². The maximum Gasteiger partial charge on any atom is 0.416 e. The van der Waals surface area contributed by atoms with Crippen molar-refractivity contribution in [2.24, 2.45) is 0 Å². The maximum absolute atomic E-state index is 13.6. The smallest absolute Gasteiger partial charge is 0.416 e. The van der Waals surface area contributed by atoms with Gasteiger partial charge in [-0.3, -0.25) is 4.90 Å². The molecule has 0 aliphatic carbocycles. The summed E-state index contributed by atoms with van der Waals surface area (Å²) < 4.78 is 54.3. The highest BCUT2D eigenvalue weighted by Crippen LogP contribution is 2.43. The number of alkyl halides is 3. The second kappa shape index (κ2) is 11.5. The van der Waals surface area contributed by atoms with Crippen LogP contribution < -0.4 is 19.9 Å². The SMILES string of the molecule is COC(=O)C1=C(C)N(c2cccc(C(F)(F)F)c2)c2n[nH]c(=O)n2[C@@H]1c1ccc(C#N)cc1CC[n+]1ccc(OC)cc1. The van der Waals surface area contributed by atoms with Crippen molar-refractivity contribution in [3.8, 4) is 11.8 Å². The Bertz CT molecular complexity index is 1820. The van der Waals surface area contributed by atoms with E-state index in [0.717, 1.165) is 12.1 Å². The molecule has 1 aliphatic rings. The summed E-state index contributed by atoms with van der Waals surface area (Å²) in [6.45, 7) is 2.04. The van der Waals surface area contributed by atoms with Crippen molar-refractivity contribution in [2.75, 3.05) is 19.1 Å². The number of allylic oxidation sites excluding steroid dienone is 1. The van der Waals surface area contributed by atoms with E-state index in [-0.39, 0.29) is 22.9 Å². The lowest BCUT2D eigenvalue weighted by Gasteiger charge is -2.36.